The van der Waals surface area contributed by atoms with Crippen LogP contribution in [0.15, 0.2) is 54.6 Å². The minimum Gasteiger partial charge on any atom is -0.339 e. The van der Waals surface area contributed by atoms with Crippen molar-refractivity contribution in [2.24, 2.45) is 5.92 Å². The lowest BCUT2D eigenvalue weighted by molar-refractivity contribution is 0.0690. The van der Waals surface area contributed by atoms with Gasteiger partial charge in [0.15, 0.2) is 0 Å². The Morgan fingerprint density at radius 2 is 1.63 bits per heavy atom. The Hall–Kier alpha value is -2.66. The molecule has 0 aromatic heterocycles. The van der Waals surface area contributed by atoms with Crippen LogP contribution in [0.5, 0.6) is 0 Å². The van der Waals surface area contributed by atoms with Crippen LogP contribution in [0.1, 0.15) is 40.5 Å². The number of hydrogen-bond donors (Lipinski definition) is 2. The summed E-state index contributed by atoms with van der Waals surface area (Å²) >= 11 is 0. The Kier molecular flexibility index (Phi) is 6.60. The molecule has 1 fully saturated rings. The number of rotatable bonds is 6. The van der Waals surface area contributed by atoms with Crippen molar-refractivity contribution in [2.75, 3.05) is 31.5 Å². The molecule has 0 radical (unpaired) electrons. The molecule has 142 valence electrons. The predicted octanol–water partition coefficient (Wildman–Crippen LogP) is 3.40. The summed E-state index contributed by atoms with van der Waals surface area (Å²) < 4.78 is 0. The minimum atomic E-state index is -0.155. The highest BCUT2D eigenvalue weighted by molar-refractivity contribution is 6.04. The van der Waals surface area contributed by atoms with E-state index in [1.807, 2.05) is 23.1 Å². The third kappa shape index (κ3) is 5.17. The van der Waals surface area contributed by atoms with Gasteiger partial charge in [-0.25, -0.2) is 0 Å². The summed E-state index contributed by atoms with van der Waals surface area (Å²) in [6.07, 6.45) is 2.09. The molecule has 0 bridgehead atoms. The van der Waals surface area contributed by atoms with Gasteiger partial charge < -0.3 is 15.5 Å². The molecule has 2 N–H and O–H groups in total. The molecular formula is C22H27N3O2. The number of likely N-dealkylation sites (tertiary alicyclic amines) is 1. The van der Waals surface area contributed by atoms with Gasteiger partial charge in [0, 0.05) is 29.9 Å². The Labute approximate surface area is 160 Å². The molecule has 0 spiro atoms. The summed E-state index contributed by atoms with van der Waals surface area (Å²) in [5, 5.41) is 6.25. The summed E-state index contributed by atoms with van der Waals surface area (Å²) in [5.41, 5.74) is 1.96. The maximum absolute atomic E-state index is 12.7. The molecule has 1 saturated heterocycles. The lowest BCUT2D eigenvalue weighted by Crippen LogP contribution is -2.40. The smallest absolute Gasteiger partial charge is 0.255 e. The number of nitrogens with zero attached hydrogens (tertiary/aromatic N) is 1. The van der Waals surface area contributed by atoms with Crippen molar-refractivity contribution in [3.63, 3.8) is 0 Å². The first-order chi connectivity index (χ1) is 13.2. The van der Waals surface area contributed by atoms with E-state index in [4.69, 9.17) is 0 Å². The fourth-order valence-corrected chi connectivity index (χ4v) is 3.36. The molecule has 1 aliphatic heterocycles. The second kappa shape index (κ2) is 9.33. The number of anilines is 1. The first-order valence-corrected chi connectivity index (χ1v) is 9.64. The summed E-state index contributed by atoms with van der Waals surface area (Å²) in [6, 6.07) is 16.2. The number of nitrogens with one attached hydrogen (secondary N) is 2. The average molecular weight is 365 g/mol. The van der Waals surface area contributed by atoms with Gasteiger partial charge in [0.1, 0.15) is 0 Å². The van der Waals surface area contributed by atoms with E-state index in [1.165, 1.54) is 0 Å². The van der Waals surface area contributed by atoms with E-state index < -0.39 is 0 Å². The quantitative estimate of drug-likeness (QED) is 0.825. The molecule has 2 aromatic carbocycles. The fraction of sp³-hybridized carbons (Fsp3) is 0.364. The van der Waals surface area contributed by atoms with Crippen LogP contribution in [0.2, 0.25) is 0 Å². The first-order valence-electron chi connectivity index (χ1n) is 9.64. The van der Waals surface area contributed by atoms with Gasteiger partial charge >= 0.3 is 0 Å². The molecule has 2 amide bonds. The molecule has 0 atom stereocenters. The summed E-state index contributed by atoms with van der Waals surface area (Å²) in [5.74, 6) is 0.569. The fourth-order valence-electron chi connectivity index (χ4n) is 3.36. The van der Waals surface area contributed by atoms with Crippen molar-refractivity contribution < 1.29 is 9.59 Å². The van der Waals surface area contributed by atoms with E-state index in [-0.39, 0.29) is 11.8 Å². The van der Waals surface area contributed by atoms with Crippen molar-refractivity contribution in [2.45, 2.75) is 19.8 Å². The molecule has 1 heterocycles. The average Bonchev–Trinajstić information content (AvgIpc) is 2.73. The molecular weight excluding hydrogens is 338 g/mol. The Balaban J connectivity index is 1.54. The van der Waals surface area contributed by atoms with Gasteiger partial charge in [0.25, 0.3) is 11.8 Å². The zero-order chi connectivity index (χ0) is 19.1. The maximum Gasteiger partial charge on any atom is 0.255 e. The normalized spacial score (nSPS) is 14.8. The van der Waals surface area contributed by atoms with Gasteiger partial charge in [-0.05, 0) is 68.2 Å². The third-order valence-corrected chi connectivity index (χ3v) is 5.01. The van der Waals surface area contributed by atoms with Gasteiger partial charge in [0.05, 0.1) is 0 Å². The number of carbonyl (C=O) groups is 2. The standard InChI is InChI=1S/C22H27N3O2/c1-2-23-16-17-12-14-25(15-13-17)22(27)19-8-10-20(11-9-19)24-21(26)18-6-4-3-5-7-18/h3-11,17,23H,2,12-16H2,1H3,(H,24,26). The second-order valence-electron chi connectivity index (χ2n) is 6.94. The van der Waals surface area contributed by atoms with E-state index >= 15 is 0 Å². The van der Waals surface area contributed by atoms with Crippen LogP contribution < -0.4 is 10.6 Å². The number of piperidine rings is 1. The van der Waals surface area contributed by atoms with E-state index in [9.17, 15) is 9.59 Å². The van der Waals surface area contributed by atoms with Crippen LogP contribution in [0.25, 0.3) is 0 Å². The van der Waals surface area contributed by atoms with E-state index in [0.717, 1.165) is 39.0 Å². The molecule has 0 unspecified atom stereocenters. The van der Waals surface area contributed by atoms with Crippen molar-refractivity contribution in [1.29, 1.82) is 0 Å². The van der Waals surface area contributed by atoms with Gasteiger partial charge in [-0.1, -0.05) is 25.1 Å². The summed E-state index contributed by atoms with van der Waals surface area (Å²) in [6.45, 7) is 5.76. The second-order valence-corrected chi connectivity index (χ2v) is 6.94. The Morgan fingerprint density at radius 1 is 0.963 bits per heavy atom. The van der Waals surface area contributed by atoms with Gasteiger partial charge in [-0.15, -0.1) is 0 Å². The van der Waals surface area contributed by atoms with E-state index in [0.29, 0.717) is 22.7 Å². The number of carbonyl (C=O) groups excluding carboxylic acids is 2. The molecule has 3 rings (SSSR count). The molecule has 5 nitrogen and oxygen atoms in total. The maximum atomic E-state index is 12.7. The van der Waals surface area contributed by atoms with Crippen LogP contribution >= 0.6 is 0 Å². The first kappa shape index (κ1) is 19.1. The summed E-state index contributed by atoms with van der Waals surface area (Å²) in [4.78, 5) is 26.8. The SMILES string of the molecule is CCNCC1CCN(C(=O)c2ccc(NC(=O)c3ccccc3)cc2)CC1. The predicted molar refractivity (Wildman–Crippen MR) is 108 cm³/mol. The zero-order valence-electron chi connectivity index (χ0n) is 15.8. The van der Waals surface area contributed by atoms with Crippen molar-refractivity contribution in [3.8, 4) is 0 Å². The van der Waals surface area contributed by atoms with Crippen LogP contribution in [0.4, 0.5) is 5.69 Å². The Morgan fingerprint density at radius 3 is 2.26 bits per heavy atom. The highest BCUT2D eigenvalue weighted by Crippen LogP contribution is 2.19. The number of hydrogen-bond acceptors (Lipinski definition) is 3. The number of benzene rings is 2. The van der Waals surface area contributed by atoms with Crippen LogP contribution in [0, 0.1) is 5.92 Å². The van der Waals surface area contributed by atoms with Gasteiger partial charge in [0.2, 0.25) is 0 Å². The molecule has 5 heteroatoms. The molecule has 1 aliphatic rings. The van der Waals surface area contributed by atoms with Crippen molar-refractivity contribution >= 4 is 17.5 Å². The number of amides is 2. The monoisotopic (exact) mass is 365 g/mol. The highest BCUT2D eigenvalue weighted by atomic mass is 16.2. The molecule has 27 heavy (non-hydrogen) atoms. The van der Waals surface area contributed by atoms with Crippen LogP contribution in [-0.2, 0) is 0 Å². The lowest BCUT2D eigenvalue weighted by atomic mass is 9.96. The Bertz CT molecular complexity index is 751. The van der Waals surface area contributed by atoms with Crippen molar-refractivity contribution in [3.05, 3.63) is 65.7 Å². The molecule has 0 saturated carbocycles. The third-order valence-electron chi connectivity index (χ3n) is 5.01. The zero-order valence-corrected chi connectivity index (χ0v) is 15.8. The molecule has 0 aliphatic carbocycles. The van der Waals surface area contributed by atoms with Crippen LogP contribution in [0.3, 0.4) is 0 Å². The molecule has 2 aromatic rings. The lowest BCUT2D eigenvalue weighted by Gasteiger charge is -2.32. The van der Waals surface area contributed by atoms with E-state index in [2.05, 4.69) is 17.6 Å². The van der Waals surface area contributed by atoms with Crippen LogP contribution in [-0.4, -0.2) is 42.9 Å². The minimum absolute atomic E-state index is 0.0674. The topological polar surface area (TPSA) is 61.4 Å². The van der Waals surface area contributed by atoms with E-state index in [1.54, 1.807) is 36.4 Å². The van der Waals surface area contributed by atoms with Crippen molar-refractivity contribution in [1.82, 2.24) is 10.2 Å². The van der Waals surface area contributed by atoms with Gasteiger partial charge in [-0.3, -0.25) is 9.59 Å². The van der Waals surface area contributed by atoms with Gasteiger partial charge in [-0.2, -0.15) is 0 Å². The largest absolute Gasteiger partial charge is 0.339 e. The highest BCUT2D eigenvalue weighted by Gasteiger charge is 2.23. The summed E-state index contributed by atoms with van der Waals surface area (Å²) in [7, 11) is 0.